The summed E-state index contributed by atoms with van der Waals surface area (Å²) in [7, 11) is 2.01. The molecule has 0 fully saturated rings. The van der Waals surface area contributed by atoms with Crippen LogP contribution in [-0.4, -0.2) is 22.2 Å². The van der Waals surface area contributed by atoms with Gasteiger partial charge < -0.3 is 15.0 Å². The monoisotopic (exact) mass is 246 g/mol. The van der Waals surface area contributed by atoms with Crippen molar-refractivity contribution in [2.45, 2.75) is 13.3 Å². The van der Waals surface area contributed by atoms with Gasteiger partial charge in [0.2, 0.25) is 0 Å². The van der Waals surface area contributed by atoms with Crippen molar-refractivity contribution in [3.63, 3.8) is 0 Å². The van der Waals surface area contributed by atoms with Crippen LogP contribution in [-0.2, 0) is 11.8 Å². The molecule has 2 rings (SSSR count). The van der Waals surface area contributed by atoms with Crippen LogP contribution in [0.15, 0.2) is 30.5 Å². The van der Waals surface area contributed by atoms with E-state index in [9.17, 15) is 4.79 Å². The fraction of sp³-hybridized carbons (Fsp3) is 0.357. The third kappa shape index (κ3) is 2.47. The molecule has 0 aliphatic rings. The van der Waals surface area contributed by atoms with Crippen LogP contribution in [0.4, 0.5) is 5.69 Å². The Labute approximate surface area is 106 Å². The van der Waals surface area contributed by atoms with Crippen molar-refractivity contribution in [3.05, 3.63) is 30.5 Å². The van der Waals surface area contributed by atoms with E-state index >= 15 is 0 Å². The van der Waals surface area contributed by atoms with Gasteiger partial charge in [-0.25, -0.2) is 0 Å². The smallest absolute Gasteiger partial charge is 0.306 e. The zero-order valence-electron chi connectivity index (χ0n) is 10.7. The number of para-hydroxylation sites is 1. The molecule has 0 aliphatic heterocycles. The summed E-state index contributed by atoms with van der Waals surface area (Å²) in [5.41, 5.74) is 2.23. The zero-order chi connectivity index (χ0) is 13.1. The van der Waals surface area contributed by atoms with Gasteiger partial charge in [0.15, 0.2) is 0 Å². The first-order valence-corrected chi connectivity index (χ1v) is 6.10. The van der Waals surface area contributed by atoms with Crippen molar-refractivity contribution in [1.82, 2.24) is 4.57 Å². The molecular formula is C14H18N2O2. The quantitative estimate of drug-likeness (QED) is 0.852. The Bertz CT molecular complexity index is 560. The van der Waals surface area contributed by atoms with Crippen molar-refractivity contribution in [3.8, 4) is 0 Å². The molecule has 18 heavy (non-hydrogen) atoms. The van der Waals surface area contributed by atoms with Gasteiger partial charge in [0.25, 0.3) is 0 Å². The van der Waals surface area contributed by atoms with E-state index in [-0.39, 0.29) is 5.92 Å². The number of hydrogen-bond donors (Lipinski definition) is 2. The number of carboxylic acids is 1. The average molecular weight is 246 g/mol. The molecule has 4 nitrogen and oxygen atoms in total. The number of carbonyl (C=O) groups is 1. The highest BCUT2D eigenvalue weighted by atomic mass is 16.4. The fourth-order valence-electron chi connectivity index (χ4n) is 2.03. The lowest BCUT2D eigenvalue weighted by Gasteiger charge is -2.07. The largest absolute Gasteiger partial charge is 0.481 e. The predicted octanol–water partition coefficient (Wildman–Crippen LogP) is 2.70. The highest BCUT2D eigenvalue weighted by Gasteiger charge is 2.11. The Morgan fingerprint density at radius 1 is 1.44 bits per heavy atom. The Morgan fingerprint density at radius 2 is 2.17 bits per heavy atom. The third-order valence-electron chi connectivity index (χ3n) is 3.21. The molecule has 1 aromatic heterocycles. The Kier molecular flexibility index (Phi) is 3.55. The highest BCUT2D eigenvalue weighted by molar-refractivity contribution is 5.92. The molecule has 0 radical (unpaired) electrons. The van der Waals surface area contributed by atoms with Crippen LogP contribution in [0.2, 0.25) is 0 Å². The van der Waals surface area contributed by atoms with Gasteiger partial charge in [-0.1, -0.05) is 25.1 Å². The molecule has 96 valence electrons. The van der Waals surface area contributed by atoms with Crippen LogP contribution in [0.25, 0.3) is 10.9 Å². The maximum atomic E-state index is 10.7. The summed E-state index contributed by atoms with van der Waals surface area (Å²) in [5, 5.41) is 13.3. The van der Waals surface area contributed by atoms with Crippen molar-refractivity contribution in [2.24, 2.45) is 13.0 Å². The molecule has 1 unspecified atom stereocenters. The number of aliphatic carboxylic acids is 1. The maximum Gasteiger partial charge on any atom is 0.306 e. The molecule has 0 amide bonds. The van der Waals surface area contributed by atoms with Crippen LogP contribution < -0.4 is 5.32 Å². The third-order valence-corrected chi connectivity index (χ3v) is 3.21. The van der Waals surface area contributed by atoms with Crippen LogP contribution in [0.3, 0.4) is 0 Å². The molecule has 2 aromatic rings. The number of nitrogens with one attached hydrogen (secondary N) is 1. The van der Waals surface area contributed by atoms with E-state index < -0.39 is 5.97 Å². The number of aromatic nitrogens is 1. The first-order valence-electron chi connectivity index (χ1n) is 6.10. The van der Waals surface area contributed by atoms with E-state index in [1.54, 1.807) is 6.92 Å². The number of carboxylic acid groups (broad SMARTS) is 1. The molecule has 1 heterocycles. The van der Waals surface area contributed by atoms with E-state index in [0.717, 1.165) is 5.69 Å². The van der Waals surface area contributed by atoms with E-state index in [0.29, 0.717) is 13.0 Å². The maximum absolute atomic E-state index is 10.7. The van der Waals surface area contributed by atoms with Gasteiger partial charge in [-0.2, -0.15) is 0 Å². The number of hydrogen-bond acceptors (Lipinski definition) is 2. The van der Waals surface area contributed by atoms with Gasteiger partial charge in [-0.3, -0.25) is 4.79 Å². The zero-order valence-corrected chi connectivity index (χ0v) is 10.7. The summed E-state index contributed by atoms with van der Waals surface area (Å²) in [6, 6.07) is 8.16. The first kappa shape index (κ1) is 12.5. The number of nitrogens with zero attached hydrogens (tertiary/aromatic N) is 1. The predicted molar refractivity (Wildman–Crippen MR) is 72.8 cm³/mol. The Balaban J connectivity index is 2.06. The molecule has 4 heteroatoms. The minimum absolute atomic E-state index is 0.313. The van der Waals surface area contributed by atoms with Crippen molar-refractivity contribution in [2.75, 3.05) is 11.9 Å². The number of rotatable bonds is 5. The normalized spacial score (nSPS) is 12.6. The van der Waals surface area contributed by atoms with Crippen molar-refractivity contribution in [1.29, 1.82) is 0 Å². The van der Waals surface area contributed by atoms with Gasteiger partial charge in [0.1, 0.15) is 0 Å². The second-order valence-electron chi connectivity index (χ2n) is 4.63. The average Bonchev–Trinajstić information content (AvgIpc) is 2.67. The van der Waals surface area contributed by atoms with E-state index in [1.165, 1.54) is 10.9 Å². The summed E-state index contributed by atoms with van der Waals surface area (Å²) >= 11 is 0. The Morgan fingerprint density at radius 3 is 2.89 bits per heavy atom. The highest BCUT2D eigenvalue weighted by Crippen LogP contribution is 2.24. The van der Waals surface area contributed by atoms with Gasteiger partial charge in [0.05, 0.1) is 11.6 Å². The molecule has 2 N–H and O–H groups in total. The van der Waals surface area contributed by atoms with Gasteiger partial charge in [-0.15, -0.1) is 0 Å². The standard InChI is InChI=1S/C14H18N2O2/c1-10(14(17)18)7-8-15-12-9-16(2)13-6-4-3-5-11(12)13/h3-6,9-10,15H,7-8H2,1-2H3,(H,17,18). The lowest BCUT2D eigenvalue weighted by atomic mass is 10.1. The number of aryl methyl sites for hydroxylation is 1. The first-order chi connectivity index (χ1) is 8.59. The summed E-state index contributed by atoms with van der Waals surface area (Å²) in [6.07, 6.45) is 2.66. The Hall–Kier alpha value is -1.97. The molecule has 0 aliphatic carbocycles. The molecular weight excluding hydrogens is 228 g/mol. The molecule has 1 aromatic carbocycles. The van der Waals surface area contributed by atoms with Gasteiger partial charge in [-0.05, 0) is 12.5 Å². The van der Waals surface area contributed by atoms with E-state index in [1.807, 2.05) is 25.4 Å². The van der Waals surface area contributed by atoms with Crippen LogP contribution >= 0.6 is 0 Å². The van der Waals surface area contributed by atoms with Gasteiger partial charge >= 0.3 is 5.97 Å². The summed E-state index contributed by atoms with van der Waals surface area (Å²) < 4.78 is 2.07. The second kappa shape index (κ2) is 5.12. The summed E-state index contributed by atoms with van der Waals surface area (Å²) in [6.45, 7) is 2.40. The van der Waals surface area contributed by atoms with Crippen LogP contribution in [0, 0.1) is 5.92 Å². The number of anilines is 1. The summed E-state index contributed by atoms with van der Waals surface area (Å²) in [5.74, 6) is -1.05. The van der Waals surface area contributed by atoms with Crippen molar-refractivity contribution >= 4 is 22.6 Å². The number of benzene rings is 1. The molecule has 0 saturated carbocycles. The fourth-order valence-corrected chi connectivity index (χ4v) is 2.03. The van der Waals surface area contributed by atoms with Gasteiger partial charge in [0, 0.05) is 30.7 Å². The lowest BCUT2D eigenvalue weighted by Crippen LogP contribution is -2.14. The SMILES string of the molecule is CC(CCNc1cn(C)c2ccccc12)C(=O)O. The molecule has 0 spiro atoms. The van der Waals surface area contributed by atoms with Crippen LogP contribution in [0.1, 0.15) is 13.3 Å². The lowest BCUT2D eigenvalue weighted by molar-refractivity contribution is -0.141. The minimum atomic E-state index is -0.741. The molecule has 1 atom stereocenters. The van der Waals surface area contributed by atoms with Crippen LogP contribution in [0.5, 0.6) is 0 Å². The second-order valence-corrected chi connectivity index (χ2v) is 4.63. The number of fused-ring (bicyclic) bond motifs is 1. The van der Waals surface area contributed by atoms with E-state index in [2.05, 4.69) is 22.0 Å². The molecule has 0 saturated heterocycles. The molecule has 0 bridgehead atoms. The summed E-state index contributed by atoms with van der Waals surface area (Å²) in [4.78, 5) is 10.7. The van der Waals surface area contributed by atoms with E-state index in [4.69, 9.17) is 5.11 Å². The topological polar surface area (TPSA) is 54.3 Å². The minimum Gasteiger partial charge on any atom is -0.481 e. The van der Waals surface area contributed by atoms with Crippen molar-refractivity contribution < 1.29 is 9.90 Å².